The molecule has 0 aliphatic carbocycles. The van der Waals surface area contributed by atoms with Gasteiger partial charge in [-0.1, -0.05) is 32.9 Å². The third-order valence-electron chi connectivity index (χ3n) is 4.13. The third kappa shape index (κ3) is 3.16. The van der Waals surface area contributed by atoms with Crippen LogP contribution in [0.1, 0.15) is 49.0 Å². The maximum absolute atomic E-state index is 12.4. The van der Waals surface area contributed by atoms with E-state index in [1.54, 1.807) is 0 Å². The Hall–Kier alpha value is -1.35. The average Bonchev–Trinajstić information content (AvgIpc) is 2.41. The van der Waals surface area contributed by atoms with Gasteiger partial charge in [0.1, 0.15) is 0 Å². The van der Waals surface area contributed by atoms with Crippen molar-refractivity contribution in [2.45, 2.75) is 39.2 Å². The number of benzene rings is 1. The molecule has 2 N–H and O–H groups in total. The zero-order valence-corrected chi connectivity index (χ0v) is 12.1. The van der Waals surface area contributed by atoms with E-state index in [1.165, 1.54) is 5.56 Å². The molecule has 1 aromatic rings. The minimum atomic E-state index is 0.104. The average molecular weight is 260 g/mol. The van der Waals surface area contributed by atoms with E-state index in [0.717, 1.165) is 18.5 Å². The van der Waals surface area contributed by atoms with Crippen molar-refractivity contribution in [2.24, 2.45) is 11.7 Å². The summed E-state index contributed by atoms with van der Waals surface area (Å²) in [7, 11) is 0. The Morgan fingerprint density at radius 1 is 1.32 bits per heavy atom. The van der Waals surface area contributed by atoms with Crippen molar-refractivity contribution in [3.05, 3.63) is 35.4 Å². The van der Waals surface area contributed by atoms with E-state index in [-0.39, 0.29) is 11.9 Å². The van der Waals surface area contributed by atoms with E-state index in [4.69, 9.17) is 5.73 Å². The highest BCUT2D eigenvalue weighted by molar-refractivity contribution is 5.94. The second kappa shape index (κ2) is 5.74. The van der Waals surface area contributed by atoms with Crippen LogP contribution in [0.5, 0.6) is 0 Å². The van der Waals surface area contributed by atoms with E-state index in [0.29, 0.717) is 18.4 Å². The van der Waals surface area contributed by atoms with Gasteiger partial charge in [-0.05, 0) is 36.0 Å². The van der Waals surface area contributed by atoms with Gasteiger partial charge in [-0.25, -0.2) is 0 Å². The summed E-state index contributed by atoms with van der Waals surface area (Å²) >= 11 is 0. The summed E-state index contributed by atoms with van der Waals surface area (Å²) in [6, 6.07) is 8.06. The van der Waals surface area contributed by atoms with Crippen LogP contribution in [0.15, 0.2) is 24.3 Å². The van der Waals surface area contributed by atoms with Crippen LogP contribution in [-0.2, 0) is 0 Å². The predicted octanol–water partition coefficient (Wildman–Crippen LogP) is 2.62. The summed E-state index contributed by atoms with van der Waals surface area (Å²) in [5.74, 6) is 1.11. The van der Waals surface area contributed by atoms with Crippen LogP contribution in [0.25, 0.3) is 0 Å². The van der Waals surface area contributed by atoms with Gasteiger partial charge >= 0.3 is 0 Å². The fourth-order valence-corrected chi connectivity index (χ4v) is 2.48. The summed E-state index contributed by atoms with van der Waals surface area (Å²) in [4.78, 5) is 14.3. The zero-order valence-electron chi connectivity index (χ0n) is 12.1. The molecule has 2 unspecified atom stereocenters. The topological polar surface area (TPSA) is 46.3 Å². The molecule has 0 saturated carbocycles. The maximum Gasteiger partial charge on any atom is 0.253 e. The van der Waals surface area contributed by atoms with Gasteiger partial charge in [-0.15, -0.1) is 0 Å². The van der Waals surface area contributed by atoms with Crippen molar-refractivity contribution in [1.29, 1.82) is 0 Å². The lowest BCUT2D eigenvalue weighted by molar-refractivity contribution is 0.0672. The summed E-state index contributed by atoms with van der Waals surface area (Å²) in [6.07, 6.45) is 0.997. The Morgan fingerprint density at radius 3 is 2.47 bits per heavy atom. The highest BCUT2D eigenvalue weighted by Crippen LogP contribution is 2.19. The molecule has 0 spiro atoms. The third-order valence-corrected chi connectivity index (χ3v) is 4.13. The molecule has 1 aliphatic rings. The lowest BCUT2D eigenvalue weighted by atomic mass is 9.93. The Bertz CT molecular complexity index is 439. The van der Waals surface area contributed by atoms with E-state index >= 15 is 0 Å². The summed E-state index contributed by atoms with van der Waals surface area (Å²) in [5.41, 5.74) is 8.09. The number of piperidine rings is 1. The largest absolute Gasteiger partial charge is 0.337 e. The molecule has 1 fully saturated rings. The SMILES string of the molecule is CC(C)c1ccc(C(=O)N2CCC(C)C(N)C2)cc1. The number of carbonyl (C=O) groups excluding carboxylic acids is 1. The molecule has 1 heterocycles. The quantitative estimate of drug-likeness (QED) is 0.888. The van der Waals surface area contributed by atoms with Gasteiger partial charge in [0.15, 0.2) is 0 Å². The maximum atomic E-state index is 12.4. The Morgan fingerprint density at radius 2 is 1.95 bits per heavy atom. The predicted molar refractivity (Wildman–Crippen MR) is 78.2 cm³/mol. The molecule has 2 atom stereocenters. The monoisotopic (exact) mass is 260 g/mol. The Kier molecular flexibility index (Phi) is 4.25. The first-order valence-corrected chi connectivity index (χ1v) is 7.14. The van der Waals surface area contributed by atoms with Crippen molar-refractivity contribution in [2.75, 3.05) is 13.1 Å². The van der Waals surface area contributed by atoms with Crippen molar-refractivity contribution < 1.29 is 4.79 Å². The molecule has 0 bridgehead atoms. The van der Waals surface area contributed by atoms with Crippen LogP contribution < -0.4 is 5.73 Å². The lowest BCUT2D eigenvalue weighted by Gasteiger charge is -2.35. The first-order valence-electron chi connectivity index (χ1n) is 7.14. The first-order chi connectivity index (χ1) is 8.99. The van der Waals surface area contributed by atoms with Gasteiger partial charge in [-0.2, -0.15) is 0 Å². The fourth-order valence-electron chi connectivity index (χ4n) is 2.48. The van der Waals surface area contributed by atoms with Crippen molar-refractivity contribution in [1.82, 2.24) is 4.90 Å². The molecule has 1 aliphatic heterocycles. The summed E-state index contributed by atoms with van der Waals surface area (Å²) in [5, 5.41) is 0. The molecule has 1 amide bonds. The first kappa shape index (κ1) is 14.1. The van der Waals surface area contributed by atoms with Crippen LogP contribution in [0, 0.1) is 5.92 Å². The van der Waals surface area contributed by atoms with Gasteiger partial charge in [0.05, 0.1) is 0 Å². The number of likely N-dealkylation sites (tertiary alicyclic amines) is 1. The number of nitrogens with two attached hydrogens (primary N) is 1. The van der Waals surface area contributed by atoms with Gasteiger partial charge < -0.3 is 10.6 Å². The number of hydrogen-bond acceptors (Lipinski definition) is 2. The molecule has 2 rings (SSSR count). The standard InChI is InChI=1S/C16H24N2O/c1-11(2)13-4-6-14(7-5-13)16(19)18-9-8-12(3)15(17)10-18/h4-7,11-12,15H,8-10,17H2,1-3H3. The summed E-state index contributed by atoms with van der Waals surface area (Å²) < 4.78 is 0. The zero-order chi connectivity index (χ0) is 14.0. The molecule has 1 saturated heterocycles. The molecule has 3 heteroatoms. The van der Waals surface area contributed by atoms with E-state index in [2.05, 4.69) is 20.8 Å². The molecule has 0 radical (unpaired) electrons. The number of rotatable bonds is 2. The van der Waals surface area contributed by atoms with Crippen LogP contribution in [0.4, 0.5) is 0 Å². The highest BCUT2D eigenvalue weighted by Gasteiger charge is 2.26. The molecule has 19 heavy (non-hydrogen) atoms. The minimum Gasteiger partial charge on any atom is -0.337 e. The Balaban J connectivity index is 2.07. The van der Waals surface area contributed by atoms with Gasteiger partial charge in [0.2, 0.25) is 0 Å². The van der Waals surface area contributed by atoms with Crippen molar-refractivity contribution >= 4 is 5.91 Å². The van der Waals surface area contributed by atoms with Gasteiger partial charge in [0.25, 0.3) is 5.91 Å². The smallest absolute Gasteiger partial charge is 0.253 e. The minimum absolute atomic E-state index is 0.104. The number of carbonyl (C=O) groups is 1. The van der Waals surface area contributed by atoms with E-state index in [9.17, 15) is 4.79 Å². The molecular weight excluding hydrogens is 236 g/mol. The molecule has 104 valence electrons. The van der Waals surface area contributed by atoms with E-state index in [1.807, 2.05) is 29.2 Å². The molecular formula is C16H24N2O. The summed E-state index contributed by atoms with van der Waals surface area (Å²) in [6.45, 7) is 7.96. The van der Waals surface area contributed by atoms with Crippen LogP contribution >= 0.6 is 0 Å². The van der Waals surface area contributed by atoms with Crippen LogP contribution in [-0.4, -0.2) is 29.9 Å². The molecule has 1 aromatic carbocycles. The van der Waals surface area contributed by atoms with Crippen molar-refractivity contribution in [3.63, 3.8) is 0 Å². The highest BCUT2D eigenvalue weighted by atomic mass is 16.2. The van der Waals surface area contributed by atoms with Crippen molar-refractivity contribution in [3.8, 4) is 0 Å². The number of amides is 1. The van der Waals surface area contributed by atoms with Crippen LogP contribution in [0.2, 0.25) is 0 Å². The molecule has 3 nitrogen and oxygen atoms in total. The number of hydrogen-bond donors (Lipinski definition) is 1. The van der Waals surface area contributed by atoms with Gasteiger partial charge in [0, 0.05) is 24.7 Å². The van der Waals surface area contributed by atoms with E-state index < -0.39 is 0 Å². The fraction of sp³-hybridized carbons (Fsp3) is 0.562. The second-order valence-electron chi connectivity index (χ2n) is 5.96. The Labute approximate surface area is 115 Å². The van der Waals surface area contributed by atoms with Crippen LogP contribution in [0.3, 0.4) is 0 Å². The lowest BCUT2D eigenvalue weighted by Crippen LogP contribution is -2.49. The normalized spacial score (nSPS) is 23.7. The molecule has 0 aromatic heterocycles. The second-order valence-corrected chi connectivity index (χ2v) is 5.96. The number of nitrogens with zero attached hydrogens (tertiary/aromatic N) is 1. The van der Waals surface area contributed by atoms with Gasteiger partial charge in [-0.3, -0.25) is 4.79 Å².